The molecule has 0 amide bonds. The third-order valence-electron chi connectivity index (χ3n) is 4.36. The lowest BCUT2D eigenvalue weighted by Crippen LogP contribution is -2.40. The van der Waals surface area contributed by atoms with Gasteiger partial charge in [-0.25, -0.2) is 0 Å². The largest absolute Gasteiger partial charge is 0.376 e. The monoisotopic (exact) mass is 275 g/mol. The minimum Gasteiger partial charge on any atom is -0.376 e. The molecule has 1 saturated carbocycles. The number of hydrogen-bond acceptors (Lipinski definition) is 2. The first-order valence-electron chi connectivity index (χ1n) is 8.17. The Hall–Kier alpha value is -0.860. The second-order valence-corrected chi connectivity index (χ2v) is 6.22. The predicted octanol–water partition coefficient (Wildman–Crippen LogP) is 4.15. The maximum atomic E-state index is 6.05. The van der Waals surface area contributed by atoms with E-state index in [-0.39, 0.29) is 0 Å². The highest BCUT2D eigenvalue weighted by Crippen LogP contribution is 2.36. The molecule has 0 atom stereocenters. The summed E-state index contributed by atoms with van der Waals surface area (Å²) in [4.78, 5) is 0. The maximum Gasteiger partial charge on any atom is 0.0717 e. The smallest absolute Gasteiger partial charge is 0.0717 e. The molecule has 1 N–H and O–H groups in total. The van der Waals surface area contributed by atoms with Crippen molar-refractivity contribution >= 4 is 0 Å². The van der Waals surface area contributed by atoms with E-state index in [9.17, 15) is 0 Å². The molecule has 1 aliphatic carbocycles. The van der Waals surface area contributed by atoms with Crippen molar-refractivity contribution in [3.05, 3.63) is 35.9 Å². The molecule has 0 radical (unpaired) electrons. The molecule has 2 rings (SSSR count). The Balaban J connectivity index is 1.80. The van der Waals surface area contributed by atoms with E-state index in [4.69, 9.17) is 4.74 Å². The summed E-state index contributed by atoms with van der Waals surface area (Å²) < 4.78 is 6.05. The van der Waals surface area contributed by atoms with E-state index >= 15 is 0 Å². The summed E-state index contributed by atoms with van der Waals surface area (Å²) in [6.45, 7) is 6.12. The van der Waals surface area contributed by atoms with Crippen LogP contribution in [-0.4, -0.2) is 19.7 Å². The highest BCUT2D eigenvalue weighted by atomic mass is 16.5. The van der Waals surface area contributed by atoms with Crippen LogP contribution in [0.25, 0.3) is 0 Å². The van der Waals surface area contributed by atoms with Crippen molar-refractivity contribution in [3.63, 3.8) is 0 Å². The number of hydrogen-bond donors (Lipinski definition) is 1. The van der Waals surface area contributed by atoms with Crippen molar-refractivity contribution in [1.82, 2.24) is 5.32 Å². The summed E-state index contributed by atoms with van der Waals surface area (Å²) in [6.07, 6.45) is 7.97. The summed E-state index contributed by atoms with van der Waals surface area (Å²) in [6, 6.07) is 10.5. The summed E-state index contributed by atoms with van der Waals surface area (Å²) >= 11 is 0. The number of nitrogens with one attached hydrogen (secondary N) is 1. The standard InChI is InChI=1S/C18H29NO/c1-2-13-19-15-18(11-7-4-8-12-18)16-20-14-17-9-5-3-6-10-17/h3,5-6,9-10,19H,2,4,7-8,11-16H2,1H3. The second kappa shape index (κ2) is 8.43. The van der Waals surface area contributed by atoms with Crippen LogP contribution in [0.2, 0.25) is 0 Å². The van der Waals surface area contributed by atoms with Crippen LogP contribution >= 0.6 is 0 Å². The third kappa shape index (κ3) is 4.92. The van der Waals surface area contributed by atoms with Crippen LogP contribution in [0.15, 0.2) is 30.3 Å². The van der Waals surface area contributed by atoms with Crippen molar-refractivity contribution in [1.29, 1.82) is 0 Å². The minimum absolute atomic E-state index is 0.377. The first-order valence-corrected chi connectivity index (χ1v) is 8.17. The molecule has 112 valence electrons. The van der Waals surface area contributed by atoms with Crippen molar-refractivity contribution < 1.29 is 4.74 Å². The Labute approximate surface area is 123 Å². The molecule has 1 fully saturated rings. The molecule has 2 nitrogen and oxygen atoms in total. The predicted molar refractivity (Wildman–Crippen MR) is 84.8 cm³/mol. The van der Waals surface area contributed by atoms with Gasteiger partial charge in [-0.1, -0.05) is 56.5 Å². The van der Waals surface area contributed by atoms with E-state index in [0.29, 0.717) is 5.41 Å². The van der Waals surface area contributed by atoms with E-state index in [0.717, 1.165) is 26.3 Å². The molecule has 1 aromatic carbocycles. The molecule has 0 saturated heterocycles. The van der Waals surface area contributed by atoms with Crippen LogP contribution in [0.4, 0.5) is 0 Å². The zero-order valence-corrected chi connectivity index (χ0v) is 12.9. The van der Waals surface area contributed by atoms with Gasteiger partial charge in [-0.2, -0.15) is 0 Å². The molecule has 0 bridgehead atoms. The highest BCUT2D eigenvalue weighted by molar-refractivity contribution is 5.13. The molecule has 0 aromatic heterocycles. The van der Waals surface area contributed by atoms with Gasteiger partial charge in [0.05, 0.1) is 13.2 Å². The zero-order valence-electron chi connectivity index (χ0n) is 12.9. The van der Waals surface area contributed by atoms with E-state index in [1.165, 1.54) is 44.1 Å². The molecule has 0 spiro atoms. The lowest BCUT2D eigenvalue weighted by atomic mass is 9.74. The van der Waals surface area contributed by atoms with E-state index in [2.05, 4.69) is 42.6 Å². The van der Waals surface area contributed by atoms with Crippen molar-refractivity contribution in [2.75, 3.05) is 19.7 Å². The molecule has 0 aliphatic heterocycles. The van der Waals surface area contributed by atoms with Crippen LogP contribution in [0.3, 0.4) is 0 Å². The number of rotatable bonds is 8. The van der Waals surface area contributed by atoms with Gasteiger partial charge in [0, 0.05) is 12.0 Å². The van der Waals surface area contributed by atoms with E-state index in [1.54, 1.807) is 0 Å². The van der Waals surface area contributed by atoms with Gasteiger partial charge < -0.3 is 10.1 Å². The van der Waals surface area contributed by atoms with Gasteiger partial charge in [-0.05, 0) is 31.4 Å². The molecular weight excluding hydrogens is 246 g/mol. The van der Waals surface area contributed by atoms with Crippen LogP contribution < -0.4 is 5.32 Å². The fourth-order valence-electron chi connectivity index (χ4n) is 3.16. The van der Waals surface area contributed by atoms with Gasteiger partial charge in [0.1, 0.15) is 0 Å². The minimum atomic E-state index is 0.377. The van der Waals surface area contributed by atoms with Gasteiger partial charge in [0.2, 0.25) is 0 Å². The van der Waals surface area contributed by atoms with Crippen LogP contribution in [0, 0.1) is 5.41 Å². The Morgan fingerprint density at radius 1 is 1.10 bits per heavy atom. The Morgan fingerprint density at radius 3 is 2.55 bits per heavy atom. The lowest BCUT2D eigenvalue weighted by Gasteiger charge is -2.37. The Kier molecular flexibility index (Phi) is 6.55. The number of ether oxygens (including phenoxy) is 1. The number of benzene rings is 1. The average Bonchev–Trinajstić information content (AvgIpc) is 2.50. The van der Waals surface area contributed by atoms with E-state index < -0.39 is 0 Å². The van der Waals surface area contributed by atoms with E-state index in [1.807, 2.05) is 0 Å². The third-order valence-corrected chi connectivity index (χ3v) is 4.36. The fraction of sp³-hybridized carbons (Fsp3) is 0.667. The topological polar surface area (TPSA) is 21.3 Å². The normalized spacial score (nSPS) is 18.1. The highest BCUT2D eigenvalue weighted by Gasteiger charge is 2.31. The fourth-order valence-corrected chi connectivity index (χ4v) is 3.16. The summed E-state index contributed by atoms with van der Waals surface area (Å²) in [5, 5.41) is 3.61. The van der Waals surface area contributed by atoms with Gasteiger partial charge in [-0.15, -0.1) is 0 Å². The maximum absolute atomic E-state index is 6.05. The van der Waals surface area contributed by atoms with Gasteiger partial charge >= 0.3 is 0 Å². The lowest BCUT2D eigenvalue weighted by molar-refractivity contribution is 0.0116. The molecule has 0 heterocycles. The van der Waals surface area contributed by atoms with Crippen molar-refractivity contribution in [2.45, 2.75) is 52.1 Å². The van der Waals surface area contributed by atoms with Crippen molar-refractivity contribution in [3.8, 4) is 0 Å². The van der Waals surface area contributed by atoms with Crippen LogP contribution in [-0.2, 0) is 11.3 Å². The van der Waals surface area contributed by atoms with Crippen LogP contribution in [0.5, 0.6) is 0 Å². The molecule has 20 heavy (non-hydrogen) atoms. The van der Waals surface area contributed by atoms with Crippen LogP contribution in [0.1, 0.15) is 51.0 Å². The quantitative estimate of drug-likeness (QED) is 0.720. The molecular formula is C18H29NO. The van der Waals surface area contributed by atoms with Crippen molar-refractivity contribution in [2.24, 2.45) is 5.41 Å². The second-order valence-electron chi connectivity index (χ2n) is 6.22. The first-order chi connectivity index (χ1) is 9.85. The molecule has 1 aliphatic rings. The average molecular weight is 275 g/mol. The Bertz CT molecular complexity index is 357. The first kappa shape index (κ1) is 15.5. The van der Waals surface area contributed by atoms with Gasteiger partial charge in [0.25, 0.3) is 0 Å². The zero-order chi connectivity index (χ0) is 14.1. The molecule has 1 aromatic rings. The summed E-state index contributed by atoms with van der Waals surface area (Å²) in [5.41, 5.74) is 1.65. The van der Waals surface area contributed by atoms with Gasteiger partial charge in [0.15, 0.2) is 0 Å². The molecule has 0 unspecified atom stereocenters. The molecule has 2 heteroatoms. The van der Waals surface area contributed by atoms with Gasteiger partial charge in [-0.3, -0.25) is 0 Å². The Morgan fingerprint density at radius 2 is 1.85 bits per heavy atom. The SMILES string of the molecule is CCCNCC1(COCc2ccccc2)CCCCC1. The summed E-state index contributed by atoms with van der Waals surface area (Å²) in [5.74, 6) is 0. The summed E-state index contributed by atoms with van der Waals surface area (Å²) in [7, 11) is 0.